The smallest absolute Gasteiger partial charge is 0.179 e. The summed E-state index contributed by atoms with van der Waals surface area (Å²) >= 11 is 6.23. The van der Waals surface area contributed by atoms with Gasteiger partial charge in [0.05, 0.1) is 19.2 Å². The molecule has 0 bridgehead atoms. The van der Waals surface area contributed by atoms with Gasteiger partial charge in [0, 0.05) is 19.2 Å². The minimum absolute atomic E-state index is 0.0769. The normalized spacial score (nSPS) is 12.0. The van der Waals surface area contributed by atoms with Crippen LogP contribution in [0.3, 0.4) is 0 Å². The third kappa shape index (κ3) is 4.61. The lowest BCUT2D eigenvalue weighted by atomic mass is 10.0. The molecule has 0 aliphatic rings. The highest BCUT2D eigenvalue weighted by molar-refractivity contribution is 6.32. The van der Waals surface area contributed by atoms with Crippen molar-refractivity contribution in [2.45, 2.75) is 19.0 Å². The molecule has 4 nitrogen and oxygen atoms in total. The zero-order valence-electron chi connectivity index (χ0n) is 13.4. The summed E-state index contributed by atoms with van der Waals surface area (Å²) in [6.45, 7) is 0.735. The molecule has 2 aromatic rings. The van der Waals surface area contributed by atoms with Crippen LogP contribution in [0.25, 0.3) is 0 Å². The number of ether oxygens (including phenoxy) is 2. The second-order valence-electron chi connectivity index (χ2n) is 5.17. The molecule has 0 saturated carbocycles. The average Bonchev–Trinajstić information content (AvgIpc) is 2.58. The Balaban J connectivity index is 2.13. The van der Waals surface area contributed by atoms with E-state index in [1.54, 1.807) is 14.2 Å². The van der Waals surface area contributed by atoms with Crippen molar-refractivity contribution in [3.63, 3.8) is 0 Å². The third-order valence-corrected chi connectivity index (χ3v) is 3.95. The van der Waals surface area contributed by atoms with E-state index in [-0.39, 0.29) is 12.6 Å². The van der Waals surface area contributed by atoms with Crippen molar-refractivity contribution >= 4 is 11.6 Å². The van der Waals surface area contributed by atoms with Gasteiger partial charge >= 0.3 is 0 Å². The topological polar surface area (TPSA) is 50.7 Å². The highest BCUT2D eigenvalue weighted by Gasteiger charge is 2.13. The van der Waals surface area contributed by atoms with Crippen molar-refractivity contribution in [3.8, 4) is 11.5 Å². The Kier molecular flexibility index (Phi) is 6.71. The molecule has 2 aromatic carbocycles. The van der Waals surface area contributed by atoms with Crippen LogP contribution in [-0.2, 0) is 6.54 Å². The van der Waals surface area contributed by atoms with Crippen LogP contribution in [0.4, 0.5) is 0 Å². The Labute approximate surface area is 142 Å². The quantitative estimate of drug-likeness (QED) is 0.774. The molecular weight excluding hydrogens is 314 g/mol. The fourth-order valence-electron chi connectivity index (χ4n) is 2.52. The Morgan fingerprint density at radius 1 is 1.13 bits per heavy atom. The number of aliphatic hydroxyl groups excluding tert-OH is 1. The molecule has 0 saturated heterocycles. The van der Waals surface area contributed by atoms with E-state index in [0.29, 0.717) is 29.5 Å². The van der Waals surface area contributed by atoms with Crippen molar-refractivity contribution in [2.24, 2.45) is 0 Å². The maximum atomic E-state index is 9.29. The zero-order chi connectivity index (χ0) is 16.7. The molecule has 0 spiro atoms. The second kappa shape index (κ2) is 8.77. The van der Waals surface area contributed by atoms with E-state index >= 15 is 0 Å². The largest absolute Gasteiger partial charge is 0.493 e. The summed E-state index contributed by atoms with van der Waals surface area (Å²) in [6, 6.07) is 13.9. The molecule has 23 heavy (non-hydrogen) atoms. The predicted octanol–water partition coefficient (Wildman–Crippen LogP) is 3.57. The Bertz CT molecular complexity index is 619. The van der Waals surface area contributed by atoms with Gasteiger partial charge in [0.25, 0.3) is 0 Å². The SMILES string of the molecule is COc1cc(CN[C@H](CCO)c2ccccc2)cc(Cl)c1OC. The van der Waals surface area contributed by atoms with E-state index in [9.17, 15) is 5.11 Å². The number of halogens is 1. The van der Waals surface area contributed by atoms with Gasteiger partial charge in [-0.2, -0.15) is 0 Å². The molecule has 0 radical (unpaired) electrons. The van der Waals surface area contributed by atoms with Crippen molar-refractivity contribution in [3.05, 3.63) is 58.6 Å². The van der Waals surface area contributed by atoms with E-state index in [0.717, 1.165) is 11.1 Å². The molecule has 2 rings (SSSR count). The van der Waals surface area contributed by atoms with Gasteiger partial charge in [-0.05, 0) is 29.7 Å². The van der Waals surface area contributed by atoms with Crippen molar-refractivity contribution in [1.82, 2.24) is 5.32 Å². The second-order valence-corrected chi connectivity index (χ2v) is 5.58. The number of benzene rings is 2. The number of hydrogen-bond donors (Lipinski definition) is 2. The molecule has 2 N–H and O–H groups in total. The molecule has 0 aliphatic heterocycles. The van der Waals surface area contributed by atoms with Crippen LogP contribution >= 0.6 is 11.6 Å². The lowest BCUT2D eigenvalue weighted by molar-refractivity contribution is 0.265. The van der Waals surface area contributed by atoms with Crippen molar-refractivity contribution < 1.29 is 14.6 Å². The lowest BCUT2D eigenvalue weighted by Gasteiger charge is -2.19. The molecule has 1 atom stereocenters. The van der Waals surface area contributed by atoms with E-state index in [1.165, 1.54) is 0 Å². The van der Waals surface area contributed by atoms with E-state index < -0.39 is 0 Å². The van der Waals surface area contributed by atoms with E-state index in [2.05, 4.69) is 17.4 Å². The summed E-state index contributed by atoms with van der Waals surface area (Å²) in [6.07, 6.45) is 0.644. The first-order valence-electron chi connectivity index (χ1n) is 7.49. The molecular formula is C18H22ClNO3. The summed E-state index contributed by atoms with van der Waals surface area (Å²) in [5, 5.41) is 13.3. The highest BCUT2D eigenvalue weighted by Crippen LogP contribution is 2.36. The van der Waals surface area contributed by atoms with Gasteiger partial charge in [-0.1, -0.05) is 41.9 Å². The molecule has 0 aromatic heterocycles. The van der Waals surface area contributed by atoms with Crippen LogP contribution in [-0.4, -0.2) is 25.9 Å². The Morgan fingerprint density at radius 3 is 2.48 bits per heavy atom. The standard InChI is InChI=1S/C18H22ClNO3/c1-22-17-11-13(10-15(19)18(17)23-2)12-20-16(8-9-21)14-6-4-3-5-7-14/h3-7,10-11,16,20-21H,8-9,12H2,1-2H3/t16-/m1/s1. The summed E-state index contributed by atoms with van der Waals surface area (Å²) in [4.78, 5) is 0. The monoisotopic (exact) mass is 335 g/mol. The maximum absolute atomic E-state index is 9.29. The van der Waals surface area contributed by atoms with Crippen molar-refractivity contribution in [2.75, 3.05) is 20.8 Å². The lowest BCUT2D eigenvalue weighted by Crippen LogP contribution is -2.22. The highest BCUT2D eigenvalue weighted by atomic mass is 35.5. The van der Waals surface area contributed by atoms with Crippen LogP contribution in [0.1, 0.15) is 23.6 Å². The van der Waals surface area contributed by atoms with Crippen LogP contribution in [0.15, 0.2) is 42.5 Å². The average molecular weight is 336 g/mol. The van der Waals surface area contributed by atoms with E-state index in [4.69, 9.17) is 21.1 Å². The number of aliphatic hydroxyl groups is 1. The molecule has 0 heterocycles. The Hall–Kier alpha value is -1.75. The minimum atomic E-state index is 0.0769. The summed E-state index contributed by atoms with van der Waals surface area (Å²) in [7, 11) is 3.15. The molecule has 124 valence electrons. The first-order valence-corrected chi connectivity index (χ1v) is 7.87. The van der Waals surface area contributed by atoms with Crippen LogP contribution in [0.2, 0.25) is 5.02 Å². The van der Waals surface area contributed by atoms with E-state index in [1.807, 2.05) is 30.3 Å². The predicted molar refractivity (Wildman–Crippen MR) is 92.3 cm³/mol. The molecule has 0 aliphatic carbocycles. The minimum Gasteiger partial charge on any atom is -0.493 e. The first kappa shape index (κ1) is 17.6. The Morgan fingerprint density at radius 2 is 1.87 bits per heavy atom. The number of hydrogen-bond acceptors (Lipinski definition) is 4. The van der Waals surface area contributed by atoms with Gasteiger partial charge in [-0.3, -0.25) is 0 Å². The van der Waals surface area contributed by atoms with Crippen LogP contribution < -0.4 is 14.8 Å². The van der Waals surface area contributed by atoms with Gasteiger partial charge in [-0.15, -0.1) is 0 Å². The van der Waals surface area contributed by atoms with Crippen molar-refractivity contribution in [1.29, 1.82) is 0 Å². The van der Waals surface area contributed by atoms with Crippen LogP contribution in [0.5, 0.6) is 11.5 Å². The first-order chi connectivity index (χ1) is 11.2. The van der Waals surface area contributed by atoms with Gasteiger partial charge < -0.3 is 19.9 Å². The maximum Gasteiger partial charge on any atom is 0.179 e. The summed E-state index contributed by atoms with van der Waals surface area (Å²) in [5.74, 6) is 1.14. The summed E-state index contributed by atoms with van der Waals surface area (Å²) < 4.78 is 10.6. The van der Waals surface area contributed by atoms with Crippen LogP contribution in [0, 0.1) is 0 Å². The number of rotatable bonds is 8. The molecule has 0 unspecified atom stereocenters. The molecule has 5 heteroatoms. The third-order valence-electron chi connectivity index (χ3n) is 3.67. The fourth-order valence-corrected chi connectivity index (χ4v) is 2.83. The zero-order valence-corrected chi connectivity index (χ0v) is 14.1. The summed E-state index contributed by atoms with van der Waals surface area (Å²) in [5.41, 5.74) is 2.14. The number of methoxy groups -OCH3 is 2. The van der Waals surface area contributed by atoms with Gasteiger partial charge in [-0.25, -0.2) is 0 Å². The fraction of sp³-hybridized carbons (Fsp3) is 0.333. The molecule has 0 amide bonds. The van der Waals surface area contributed by atoms with Gasteiger partial charge in [0.1, 0.15) is 0 Å². The molecule has 0 fully saturated rings. The van der Waals surface area contributed by atoms with Gasteiger partial charge in [0.2, 0.25) is 0 Å². The van der Waals surface area contributed by atoms with Gasteiger partial charge in [0.15, 0.2) is 11.5 Å². The number of nitrogens with one attached hydrogen (secondary N) is 1.